The lowest BCUT2D eigenvalue weighted by atomic mass is 9.82. The van der Waals surface area contributed by atoms with Gasteiger partial charge in [-0.1, -0.05) is 18.2 Å². The minimum absolute atomic E-state index is 0.542. The maximum Gasteiger partial charge on any atom is 0.160 e. The number of para-hydroxylation sites is 2. The van der Waals surface area contributed by atoms with E-state index in [-0.39, 0.29) is 0 Å². The number of fused-ring (bicyclic) bond motifs is 1. The zero-order chi connectivity index (χ0) is 27.9. The number of rotatable bonds is 6. The summed E-state index contributed by atoms with van der Waals surface area (Å²) in [5.74, 6) is 1.91. The smallest absolute Gasteiger partial charge is 0.160 e. The Balaban J connectivity index is 1.67. The van der Waals surface area contributed by atoms with Gasteiger partial charge in [-0.05, 0) is 42.5 Å². The molecule has 0 unspecified atom stereocenters. The van der Waals surface area contributed by atoms with Gasteiger partial charge in [0, 0.05) is 87.8 Å². The molecule has 0 aliphatic carbocycles. The van der Waals surface area contributed by atoms with Crippen LogP contribution in [0.5, 0.6) is 0 Å². The quantitative estimate of drug-likeness (QED) is 0.196. The van der Waals surface area contributed by atoms with Crippen LogP contribution in [-0.2, 0) is 0 Å². The molecule has 0 saturated heterocycles. The second-order valence-electron chi connectivity index (χ2n) is 9.50. The molecule has 42 heavy (non-hydrogen) atoms. The number of aromatic amines is 3. The van der Waals surface area contributed by atoms with E-state index in [1.807, 2.05) is 78.6 Å². The first-order valence-corrected chi connectivity index (χ1v) is 14.2. The van der Waals surface area contributed by atoms with Crippen LogP contribution in [0.15, 0.2) is 109 Å². The van der Waals surface area contributed by atoms with Gasteiger partial charge < -0.3 is 15.0 Å². The Morgan fingerprint density at radius 3 is 2.14 bits per heavy atom. The predicted octanol–water partition coefficient (Wildman–Crippen LogP) is 7.26. The molecular weight excluding hydrogens is 542 g/mol. The fourth-order valence-corrected chi connectivity index (χ4v) is 6.13. The van der Waals surface area contributed by atoms with Crippen LogP contribution in [0.4, 0.5) is 0 Å². The maximum absolute atomic E-state index is 5.10. The van der Waals surface area contributed by atoms with Crippen molar-refractivity contribution in [3.05, 3.63) is 109 Å². The summed E-state index contributed by atoms with van der Waals surface area (Å²) in [6.07, 6.45) is 12.6. The molecule has 0 spiro atoms. The van der Waals surface area contributed by atoms with Gasteiger partial charge in [0.1, 0.15) is 16.7 Å². The summed E-state index contributed by atoms with van der Waals surface area (Å²) in [6.45, 7) is 0. The topological polar surface area (TPSA) is 125 Å². The Kier molecular flexibility index (Phi) is 5.75. The Labute approximate surface area is 243 Å². The van der Waals surface area contributed by atoms with E-state index in [0.717, 1.165) is 60.8 Å². The highest BCUT2D eigenvalue weighted by atomic mass is 32.1. The van der Waals surface area contributed by atoms with E-state index < -0.39 is 0 Å². The van der Waals surface area contributed by atoms with E-state index >= 15 is 0 Å². The molecule has 9 nitrogen and oxygen atoms in total. The molecule has 0 fully saturated rings. The minimum atomic E-state index is 0.542. The molecule has 8 aromatic rings. The number of pyridine rings is 1. The maximum atomic E-state index is 5.10. The standard InChI is InChI=1S/C32H21N9S/c1-2-8-20-19(7-1)40-31(41-20)26-24(22-10-5-12-34-22)28(32-39-17-18-42-32)27(30-37-15-16-38-30)23(21-9-3-4-11-33-21)25(26)29-35-13-6-14-36-29/h1-18,34H,(H,37,38)(H,40,41). The van der Waals surface area contributed by atoms with Crippen molar-refractivity contribution in [3.8, 4) is 67.2 Å². The van der Waals surface area contributed by atoms with Gasteiger partial charge in [0.05, 0.1) is 16.7 Å². The average Bonchev–Trinajstić information content (AvgIpc) is 3.88. The lowest BCUT2D eigenvalue weighted by Gasteiger charge is -2.23. The number of benzene rings is 2. The third-order valence-electron chi connectivity index (χ3n) is 7.09. The number of nitrogens with zero attached hydrogens (tertiary/aromatic N) is 6. The number of hydrogen-bond donors (Lipinski definition) is 3. The lowest BCUT2D eigenvalue weighted by molar-refractivity contribution is 1.17. The van der Waals surface area contributed by atoms with Gasteiger partial charge in [0.25, 0.3) is 0 Å². The van der Waals surface area contributed by atoms with Gasteiger partial charge in [-0.3, -0.25) is 4.98 Å². The summed E-state index contributed by atoms with van der Waals surface area (Å²) in [6, 6.07) is 19.7. The van der Waals surface area contributed by atoms with E-state index in [0.29, 0.717) is 17.5 Å². The largest absolute Gasteiger partial charge is 0.361 e. The van der Waals surface area contributed by atoms with E-state index in [9.17, 15) is 0 Å². The van der Waals surface area contributed by atoms with Crippen LogP contribution in [0.25, 0.3) is 78.3 Å². The highest BCUT2D eigenvalue weighted by Gasteiger charge is 2.33. The van der Waals surface area contributed by atoms with E-state index in [4.69, 9.17) is 29.9 Å². The van der Waals surface area contributed by atoms with Crippen molar-refractivity contribution in [2.75, 3.05) is 0 Å². The van der Waals surface area contributed by atoms with Gasteiger partial charge in [-0.25, -0.2) is 24.9 Å². The van der Waals surface area contributed by atoms with Crippen molar-refractivity contribution < 1.29 is 0 Å². The Morgan fingerprint density at radius 1 is 0.548 bits per heavy atom. The Morgan fingerprint density at radius 2 is 1.40 bits per heavy atom. The number of hydrogen-bond acceptors (Lipinski definition) is 7. The van der Waals surface area contributed by atoms with Crippen LogP contribution >= 0.6 is 11.3 Å². The summed E-state index contributed by atoms with van der Waals surface area (Å²) < 4.78 is 0. The normalized spacial score (nSPS) is 11.3. The molecular formula is C32H21N9S. The third-order valence-corrected chi connectivity index (χ3v) is 7.88. The summed E-state index contributed by atoms with van der Waals surface area (Å²) >= 11 is 1.56. The molecule has 8 rings (SSSR count). The van der Waals surface area contributed by atoms with Crippen LogP contribution in [0.1, 0.15) is 0 Å². The Bertz CT molecular complexity index is 2080. The number of imidazole rings is 2. The number of aromatic nitrogens is 9. The molecule has 200 valence electrons. The van der Waals surface area contributed by atoms with Crippen molar-refractivity contribution in [2.45, 2.75) is 0 Å². The second kappa shape index (κ2) is 10.0. The number of thiazole rings is 1. The molecule has 6 heterocycles. The van der Waals surface area contributed by atoms with Crippen molar-refractivity contribution >= 4 is 22.4 Å². The summed E-state index contributed by atoms with van der Waals surface area (Å²) in [7, 11) is 0. The van der Waals surface area contributed by atoms with Crippen LogP contribution in [-0.4, -0.2) is 44.9 Å². The molecule has 0 atom stereocenters. The first kappa shape index (κ1) is 24.1. The van der Waals surface area contributed by atoms with Gasteiger partial charge in [-0.15, -0.1) is 11.3 Å². The monoisotopic (exact) mass is 563 g/mol. The molecule has 10 heteroatoms. The molecule has 0 aliphatic rings. The van der Waals surface area contributed by atoms with Crippen LogP contribution in [0, 0.1) is 0 Å². The zero-order valence-corrected chi connectivity index (χ0v) is 22.8. The first-order valence-electron chi connectivity index (χ1n) is 13.3. The average molecular weight is 564 g/mol. The van der Waals surface area contributed by atoms with Crippen molar-refractivity contribution in [1.29, 1.82) is 0 Å². The van der Waals surface area contributed by atoms with E-state index in [2.05, 4.69) is 21.0 Å². The fourth-order valence-electron chi connectivity index (χ4n) is 5.43. The first-order chi connectivity index (χ1) is 20.9. The third kappa shape index (κ3) is 3.93. The van der Waals surface area contributed by atoms with Crippen molar-refractivity contribution in [2.24, 2.45) is 0 Å². The molecule has 0 saturated carbocycles. The molecule has 0 aliphatic heterocycles. The SMILES string of the molecule is c1ccc(-c2c(-c3ncccn3)c(-c3nc4ccccc4[nH]3)c(-c3ccc[nH]3)c(-c3nccs3)c2-c2ncc[nH]2)nc1. The lowest BCUT2D eigenvalue weighted by Crippen LogP contribution is -2.05. The molecule has 6 aromatic heterocycles. The van der Waals surface area contributed by atoms with Gasteiger partial charge >= 0.3 is 0 Å². The predicted molar refractivity (Wildman–Crippen MR) is 164 cm³/mol. The minimum Gasteiger partial charge on any atom is -0.361 e. The summed E-state index contributed by atoms with van der Waals surface area (Å²) in [4.78, 5) is 39.5. The zero-order valence-electron chi connectivity index (χ0n) is 22.0. The molecule has 0 bridgehead atoms. The van der Waals surface area contributed by atoms with Gasteiger partial charge in [0.2, 0.25) is 0 Å². The van der Waals surface area contributed by atoms with E-state index in [1.165, 1.54) is 0 Å². The fraction of sp³-hybridized carbons (Fsp3) is 0. The van der Waals surface area contributed by atoms with Crippen molar-refractivity contribution in [3.63, 3.8) is 0 Å². The van der Waals surface area contributed by atoms with Gasteiger partial charge in [-0.2, -0.15) is 0 Å². The number of H-pyrrole nitrogens is 3. The van der Waals surface area contributed by atoms with Crippen LogP contribution < -0.4 is 0 Å². The Hall–Kier alpha value is -5.74. The van der Waals surface area contributed by atoms with Crippen LogP contribution in [0.3, 0.4) is 0 Å². The number of nitrogens with one attached hydrogen (secondary N) is 3. The van der Waals surface area contributed by atoms with Gasteiger partial charge in [0.15, 0.2) is 5.82 Å². The van der Waals surface area contributed by atoms with E-state index in [1.54, 1.807) is 36.1 Å². The second-order valence-corrected chi connectivity index (χ2v) is 10.4. The summed E-state index contributed by atoms with van der Waals surface area (Å²) in [5.41, 5.74) is 8.53. The highest BCUT2D eigenvalue weighted by molar-refractivity contribution is 7.13. The van der Waals surface area contributed by atoms with Crippen molar-refractivity contribution in [1.82, 2.24) is 44.9 Å². The molecule has 0 amide bonds. The van der Waals surface area contributed by atoms with Crippen LogP contribution in [0.2, 0.25) is 0 Å². The molecule has 3 N–H and O–H groups in total. The molecule has 2 aromatic carbocycles. The summed E-state index contributed by atoms with van der Waals surface area (Å²) in [5, 5.41) is 2.82. The highest BCUT2D eigenvalue weighted by Crippen LogP contribution is 2.54. The molecule has 0 radical (unpaired) electrons.